The van der Waals surface area contributed by atoms with E-state index >= 15 is 0 Å². The highest BCUT2D eigenvalue weighted by molar-refractivity contribution is 7.90. The largest absolute Gasteiger partial charge is 0.491 e. The van der Waals surface area contributed by atoms with Crippen molar-refractivity contribution in [3.8, 4) is 11.5 Å². The molecule has 0 radical (unpaired) electrons. The van der Waals surface area contributed by atoms with E-state index in [1.54, 1.807) is 31.4 Å². The van der Waals surface area contributed by atoms with Crippen LogP contribution in [0.4, 0.5) is 45.1 Å². The molecule has 9 nitrogen and oxygen atoms in total. The van der Waals surface area contributed by atoms with Crippen molar-refractivity contribution in [2.75, 3.05) is 37.2 Å². The molecule has 2 N–H and O–H groups in total. The van der Waals surface area contributed by atoms with Gasteiger partial charge >= 0.3 is 0 Å². The highest BCUT2D eigenvalue weighted by Crippen LogP contribution is 2.30. The van der Waals surface area contributed by atoms with Gasteiger partial charge in [0.1, 0.15) is 29.6 Å². The molecule has 0 fully saturated rings. The lowest BCUT2D eigenvalue weighted by Crippen LogP contribution is -2.15. The summed E-state index contributed by atoms with van der Waals surface area (Å²) in [6.45, 7) is -0.0894. The molecule has 0 aliphatic rings. The van der Waals surface area contributed by atoms with Crippen LogP contribution in [0.3, 0.4) is 0 Å². The zero-order chi connectivity index (χ0) is 30.4. The van der Waals surface area contributed by atoms with Crippen LogP contribution in [-0.4, -0.2) is 45.0 Å². The van der Waals surface area contributed by atoms with Crippen LogP contribution in [0.5, 0.6) is 11.5 Å². The van der Waals surface area contributed by atoms with Gasteiger partial charge in [-0.3, -0.25) is 0 Å². The number of sulfone groups is 1. The summed E-state index contributed by atoms with van der Waals surface area (Å²) in [4.78, 5) is 6.70. The molecule has 0 saturated heterocycles. The molecular weight excluding hydrogens is 587 g/mol. The second-order valence-electron chi connectivity index (χ2n) is 8.65. The summed E-state index contributed by atoms with van der Waals surface area (Å²) in [5.41, 5.74) is -0.0534. The molecule has 0 saturated carbocycles. The van der Waals surface area contributed by atoms with E-state index in [0.29, 0.717) is 36.6 Å². The zero-order valence-corrected chi connectivity index (χ0v) is 22.9. The van der Waals surface area contributed by atoms with Crippen molar-refractivity contribution in [1.82, 2.24) is 9.97 Å². The Hall–Kier alpha value is -4.50. The Bertz CT molecular complexity index is 1670. The van der Waals surface area contributed by atoms with E-state index in [0.717, 1.165) is 6.20 Å². The Kier molecular flexibility index (Phi) is 9.42. The number of methoxy groups -OCH3 is 1. The van der Waals surface area contributed by atoms with Gasteiger partial charge in [0.15, 0.2) is 44.7 Å². The Morgan fingerprint density at radius 2 is 1.33 bits per heavy atom. The highest BCUT2D eigenvalue weighted by atomic mass is 32.2. The fourth-order valence-electron chi connectivity index (χ4n) is 3.62. The number of rotatable bonds is 12. The SMILES string of the molecule is COCCOc1ccc(Nc2ncc(F)c(Nc3ccc(OCc4c(F)c(F)c(F)c(F)c4S(C)(=O)=O)cc3)n2)cc1. The predicted octanol–water partition coefficient (Wildman–Crippen LogP) is 5.67. The maximum atomic E-state index is 14.4. The number of hydrogen-bond acceptors (Lipinski definition) is 9. The number of anilines is 4. The lowest BCUT2D eigenvalue weighted by Gasteiger charge is -2.14. The van der Waals surface area contributed by atoms with Crippen LogP contribution in [0.2, 0.25) is 0 Å². The van der Waals surface area contributed by atoms with Crippen LogP contribution in [-0.2, 0) is 21.2 Å². The van der Waals surface area contributed by atoms with Crippen molar-refractivity contribution in [3.05, 3.63) is 89.4 Å². The molecule has 1 aromatic heterocycles. The van der Waals surface area contributed by atoms with Crippen LogP contribution in [0, 0.1) is 29.1 Å². The first-order valence-electron chi connectivity index (χ1n) is 12.0. The van der Waals surface area contributed by atoms with Crippen molar-refractivity contribution >= 4 is 33.0 Å². The first kappa shape index (κ1) is 30.5. The van der Waals surface area contributed by atoms with Gasteiger partial charge in [-0.05, 0) is 48.5 Å². The minimum Gasteiger partial charge on any atom is -0.491 e. The fraction of sp³-hybridized carbons (Fsp3) is 0.185. The third-order valence-electron chi connectivity index (χ3n) is 5.60. The van der Waals surface area contributed by atoms with Crippen LogP contribution in [0.1, 0.15) is 5.56 Å². The van der Waals surface area contributed by atoms with Crippen molar-refractivity contribution in [3.63, 3.8) is 0 Å². The first-order chi connectivity index (χ1) is 20.0. The molecule has 3 aromatic carbocycles. The van der Waals surface area contributed by atoms with Gasteiger partial charge in [-0.1, -0.05) is 0 Å². The van der Waals surface area contributed by atoms with E-state index in [1.807, 2.05) is 0 Å². The molecule has 0 unspecified atom stereocenters. The van der Waals surface area contributed by atoms with Gasteiger partial charge in [-0.15, -0.1) is 0 Å². The van der Waals surface area contributed by atoms with Crippen LogP contribution in [0.15, 0.2) is 59.6 Å². The topological polar surface area (TPSA) is 112 Å². The quantitative estimate of drug-likeness (QED) is 0.0690. The minimum absolute atomic E-state index is 0.0321. The van der Waals surface area contributed by atoms with E-state index in [-0.39, 0.29) is 17.5 Å². The number of benzene rings is 3. The number of halogens is 5. The average Bonchev–Trinajstić information content (AvgIpc) is 2.96. The molecule has 222 valence electrons. The fourth-order valence-corrected chi connectivity index (χ4v) is 4.63. The van der Waals surface area contributed by atoms with Gasteiger partial charge in [-0.25, -0.2) is 35.4 Å². The molecule has 4 rings (SSSR count). The van der Waals surface area contributed by atoms with Crippen LogP contribution in [0.25, 0.3) is 0 Å². The third kappa shape index (κ3) is 7.22. The van der Waals surface area contributed by atoms with E-state index in [1.165, 1.54) is 24.3 Å². The number of nitrogens with zero attached hydrogens (tertiary/aromatic N) is 2. The van der Waals surface area contributed by atoms with Gasteiger partial charge < -0.3 is 24.8 Å². The summed E-state index contributed by atoms with van der Waals surface area (Å²) in [6, 6.07) is 12.4. The molecule has 42 heavy (non-hydrogen) atoms. The second-order valence-corrected chi connectivity index (χ2v) is 10.6. The zero-order valence-electron chi connectivity index (χ0n) is 22.1. The summed E-state index contributed by atoms with van der Waals surface area (Å²) >= 11 is 0. The smallest absolute Gasteiger partial charge is 0.229 e. The van der Waals surface area contributed by atoms with E-state index in [9.17, 15) is 30.4 Å². The van der Waals surface area contributed by atoms with Crippen molar-refractivity contribution < 1.29 is 44.6 Å². The number of nitrogens with one attached hydrogen (secondary N) is 2. The van der Waals surface area contributed by atoms with E-state index in [2.05, 4.69) is 20.6 Å². The molecule has 0 spiro atoms. The Labute approximate surface area is 237 Å². The molecule has 0 aliphatic carbocycles. The summed E-state index contributed by atoms with van der Waals surface area (Å²) in [5.74, 6) is -8.51. The number of aromatic nitrogens is 2. The van der Waals surface area contributed by atoms with Gasteiger partial charge in [0.25, 0.3) is 0 Å². The van der Waals surface area contributed by atoms with Crippen LogP contribution < -0.4 is 20.1 Å². The standard InChI is InChI=1S/C27H23F5N4O5S/c1-39-11-12-40-17-7-5-16(6-8-17)35-27-33-13-20(28)26(36-27)34-15-3-9-18(10-4-15)41-14-19-21(29)22(30)23(31)24(32)25(19)42(2,37)38/h3-10,13H,11-12,14H2,1-2H3,(H2,33,34,35,36). The van der Waals surface area contributed by atoms with Gasteiger partial charge in [0, 0.05) is 30.3 Å². The Balaban J connectivity index is 1.43. The number of hydrogen-bond donors (Lipinski definition) is 2. The Morgan fingerprint density at radius 1 is 0.762 bits per heavy atom. The monoisotopic (exact) mass is 610 g/mol. The molecule has 15 heteroatoms. The molecule has 1 heterocycles. The molecule has 0 aliphatic heterocycles. The number of ether oxygens (including phenoxy) is 3. The second kappa shape index (κ2) is 13.0. The maximum absolute atomic E-state index is 14.4. The molecule has 4 aromatic rings. The molecule has 0 amide bonds. The van der Waals surface area contributed by atoms with Crippen molar-refractivity contribution in [2.24, 2.45) is 0 Å². The Morgan fingerprint density at radius 3 is 1.93 bits per heavy atom. The lowest BCUT2D eigenvalue weighted by molar-refractivity contribution is 0.146. The van der Waals surface area contributed by atoms with Crippen molar-refractivity contribution in [2.45, 2.75) is 11.5 Å². The normalized spacial score (nSPS) is 11.3. The highest BCUT2D eigenvalue weighted by Gasteiger charge is 2.30. The van der Waals surface area contributed by atoms with E-state index < -0.39 is 56.0 Å². The molecular formula is C27H23F5N4O5S. The van der Waals surface area contributed by atoms with Gasteiger partial charge in [0.05, 0.1) is 12.8 Å². The molecule has 0 atom stereocenters. The summed E-state index contributed by atoms with van der Waals surface area (Å²) < 4.78 is 110. The summed E-state index contributed by atoms with van der Waals surface area (Å²) in [5, 5.41) is 5.71. The van der Waals surface area contributed by atoms with Crippen molar-refractivity contribution in [1.29, 1.82) is 0 Å². The van der Waals surface area contributed by atoms with E-state index in [4.69, 9.17) is 14.2 Å². The van der Waals surface area contributed by atoms with Gasteiger partial charge in [0.2, 0.25) is 5.95 Å². The maximum Gasteiger partial charge on any atom is 0.229 e. The molecule has 0 bridgehead atoms. The minimum atomic E-state index is -4.48. The first-order valence-corrected chi connectivity index (χ1v) is 13.9. The van der Waals surface area contributed by atoms with Crippen LogP contribution >= 0.6 is 0 Å². The lowest BCUT2D eigenvalue weighted by atomic mass is 10.2. The predicted molar refractivity (Wildman–Crippen MR) is 143 cm³/mol. The third-order valence-corrected chi connectivity index (χ3v) is 6.77. The summed E-state index contributed by atoms with van der Waals surface area (Å²) in [7, 11) is -2.91. The summed E-state index contributed by atoms with van der Waals surface area (Å²) in [6.07, 6.45) is 1.49. The van der Waals surface area contributed by atoms with Gasteiger partial charge in [-0.2, -0.15) is 4.98 Å². The average molecular weight is 611 g/mol.